The Morgan fingerprint density at radius 2 is 2.38 bits per heavy atom. The van der Waals surface area contributed by atoms with Crippen molar-refractivity contribution in [3.8, 4) is 0 Å². The van der Waals surface area contributed by atoms with Crippen molar-refractivity contribution in [2.45, 2.75) is 31.5 Å². The van der Waals surface area contributed by atoms with Crippen molar-refractivity contribution in [2.24, 2.45) is 0 Å². The first-order chi connectivity index (χ1) is 6.27. The Bertz CT molecular complexity index is 146. The zero-order valence-corrected chi connectivity index (χ0v) is 9.14. The highest BCUT2D eigenvalue weighted by atomic mass is 32.2. The van der Waals surface area contributed by atoms with Crippen LogP contribution in [-0.2, 0) is 4.74 Å². The second kappa shape index (κ2) is 5.86. The Balaban J connectivity index is 2.27. The first-order valence-electron chi connectivity index (χ1n) is 4.78. The van der Waals surface area contributed by atoms with E-state index >= 15 is 0 Å². The van der Waals surface area contributed by atoms with E-state index in [0.29, 0.717) is 19.3 Å². The molecule has 0 radical (unpaired) electrons. The number of hydrogen-bond acceptors (Lipinski definition) is 4. The molecule has 4 heteroatoms. The van der Waals surface area contributed by atoms with Gasteiger partial charge in [-0.05, 0) is 12.7 Å². The Kier molecular flexibility index (Phi) is 5.09. The standard InChI is InChI=1S/C9H19NO2S/c1-3-7(6-13-2)10-8-4-12-5-9(8)11/h7-11H,3-6H2,1-2H3. The zero-order valence-electron chi connectivity index (χ0n) is 8.32. The van der Waals surface area contributed by atoms with E-state index in [1.807, 2.05) is 11.8 Å². The molecule has 1 aliphatic heterocycles. The average Bonchev–Trinajstić information content (AvgIpc) is 2.51. The van der Waals surface area contributed by atoms with E-state index in [-0.39, 0.29) is 12.1 Å². The lowest BCUT2D eigenvalue weighted by Gasteiger charge is -2.22. The molecule has 0 saturated carbocycles. The van der Waals surface area contributed by atoms with Crippen molar-refractivity contribution in [3.05, 3.63) is 0 Å². The predicted octanol–water partition coefficient (Wildman–Crippen LogP) is 0.477. The Morgan fingerprint density at radius 3 is 2.85 bits per heavy atom. The lowest BCUT2D eigenvalue weighted by Crippen LogP contribution is -2.45. The molecule has 3 nitrogen and oxygen atoms in total. The van der Waals surface area contributed by atoms with Gasteiger partial charge < -0.3 is 15.2 Å². The Hall–Kier alpha value is 0.230. The molecule has 0 amide bonds. The van der Waals surface area contributed by atoms with Crippen molar-refractivity contribution >= 4 is 11.8 Å². The summed E-state index contributed by atoms with van der Waals surface area (Å²) in [5, 5.41) is 12.9. The summed E-state index contributed by atoms with van der Waals surface area (Å²) in [6.45, 7) is 3.29. The second-order valence-corrected chi connectivity index (χ2v) is 4.35. The first-order valence-corrected chi connectivity index (χ1v) is 6.18. The summed E-state index contributed by atoms with van der Waals surface area (Å²) in [5.41, 5.74) is 0. The molecule has 78 valence electrons. The van der Waals surface area contributed by atoms with Crippen LogP contribution in [0.2, 0.25) is 0 Å². The van der Waals surface area contributed by atoms with Gasteiger partial charge in [0.25, 0.3) is 0 Å². The molecule has 0 bridgehead atoms. The summed E-state index contributed by atoms with van der Waals surface area (Å²) < 4.78 is 5.17. The SMILES string of the molecule is CCC(CSC)NC1COCC1O. The molecule has 3 unspecified atom stereocenters. The summed E-state index contributed by atoms with van der Waals surface area (Å²) >= 11 is 1.83. The summed E-state index contributed by atoms with van der Waals surface area (Å²) in [7, 11) is 0. The van der Waals surface area contributed by atoms with E-state index in [4.69, 9.17) is 4.74 Å². The third-order valence-electron chi connectivity index (χ3n) is 2.36. The number of nitrogens with one attached hydrogen (secondary N) is 1. The van der Waals surface area contributed by atoms with Gasteiger partial charge in [0.15, 0.2) is 0 Å². The number of aliphatic hydroxyl groups excluding tert-OH is 1. The van der Waals surface area contributed by atoms with Crippen LogP contribution in [0.15, 0.2) is 0 Å². The van der Waals surface area contributed by atoms with Gasteiger partial charge in [0, 0.05) is 11.8 Å². The molecular formula is C9H19NO2S. The van der Waals surface area contributed by atoms with Crippen LogP contribution in [-0.4, -0.2) is 48.5 Å². The second-order valence-electron chi connectivity index (χ2n) is 3.44. The third kappa shape index (κ3) is 3.46. The maximum atomic E-state index is 9.51. The quantitative estimate of drug-likeness (QED) is 0.685. The lowest BCUT2D eigenvalue weighted by molar-refractivity contribution is 0.121. The maximum Gasteiger partial charge on any atom is 0.0948 e. The van der Waals surface area contributed by atoms with E-state index in [1.165, 1.54) is 0 Å². The molecule has 0 aromatic rings. The molecular weight excluding hydrogens is 186 g/mol. The monoisotopic (exact) mass is 205 g/mol. The molecule has 1 fully saturated rings. The van der Waals surface area contributed by atoms with E-state index in [2.05, 4.69) is 18.5 Å². The van der Waals surface area contributed by atoms with Crippen molar-refractivity contribution in [1.29, 1.82) is 0 Å². The van der Waals surface area contributed by atoms with Crippen LogP contribution in [0, 0.1) is 0 Å². The predicted molar refractivity (Wildman–Crippen MR) is 56.2 cm³/mol. The third-order valence-corrected chi connectivity index (χ3v) is 3.10. The van der Waals surface area contributed by atoms with Gasteiger partial charge in [-0.15, -0.1) is 0 Å². The van der Waals surface area contributed by atoms with Crippen LogP contribution >= 0.6 is 11.8 Å². The molecule has 1 aliphatic rings. The molecule has 0 aromatic carbocycles. The fourth-order valence-corrected chi connectivity index (χ4v) is 2.22. The largest absolute Gasteiger partial charge is 0.389 e. The minimum Gasteiger partial charge on any atom is -0.389 e. The maximum absolute atomic E-state index is 9.51. The summed E-state index contributed by atoms with van der Waals surface area (Å²) in [6.07, 6.45) is 2.88. The van der Waals surface area contributed by atoms with Gasteiger partial charge >= 0.3 is 0 Å². The zero-order chi connectivity index (χ0) is 9.68. The normalized spacial score (nSPS) is 30.7. The Labute approximate surface area is 84.2 Å². The molecule has 1 saturated heterocycles. The number of thioether (sulfide) groups is 1. The van der Waals surface area contributed by atoms with Gasteiger partial charge in [-0.3, -0.25) is 0 Å². The van der Waals surface area contributed by atoms with Crippen LogP contribution in [0.25, 0.3) is 0 Å². The van der Waals surface area contributed by atoms with Crippen molar-refractivity contribution in [1.82, 2.24) is 5.32 Å². The molecule has 2 N–H and O–H groups in total. The number of hydrogen-bond donors (Lipinski definition) is 2. The molecule has 1 rings (SSSR count). The molecule has 0 spiro atoms. The van der Waals surface area contributed by atoms with Crippen LogP contribution in [0.3, 0.4) is 0 Å². The van der Waals surface area contributed by atoms with Crippen LogP contribution in [0.1, 0.15) is 13.3 Å². The van der Waals surface area contributed by atoms with E-state index in [0.717, 1.165) is 12.2 Å². The van der Waals surface area contributed by atoms with Crippen LogP contribution in [0.5, 0.6) is 0 Å². The molecule has 13 heavy (non-hydrogen) atoms. The summed E-state index contributed by atoms with van der Waals surface area (Å²) in [5.74, 6) is 1.10. The van der Waals surface area contributed by atoms with Crippen molar-refractivity contribution in [2.75, 3.05) is 25.2 Å². The van der Waals surface area contributed by atoms with Crippen molar-refractivity contribution in [3.63, 3.8) is 0 Å². The van der Waals surface area contributed by atoms with Gasteiger partial charge in [-0.2, -0.15) is 11.8 Å². The first kappa shape index (κ1) is 11.3. The molecule has 0 aromatic heterocycles. The van der Waals surface area contributed by atoms with Gasteiger partial charge in [-0.1, -0.05) is 6.92 Å². The van der Waals surface area contributed by atoms with Gasteiger partial charge in [0.2, 0.25) is 0 Å². The highest BCUT2D eigenvalue weighted by Gasteiger charge is 2.27. The fourth-order valence-electron chi connectivity index (χ4n) is 1.49. The van der Waals surface area contributed by atoms with Crippen LogP contribution in [0.4, 0.5) is 0 Å². The highest BCUT2D eigenvalue weighted by Crippen LogP contribution is 2.09. The minimum atomic E-state index is -0.323. The number of rotatable bonds is 5. The minimum absolute atomic E-state index is 0.136. The smallest absolute Gasteiger partial charge is 0.0948 e. The molecule has 3 atom stereocenters. The van der Waals surface area contributed by atoms with Gasteiger partial charge in [0.1, 0.15) is 0 Å². The molecule has 0 aliphatic carbocycles. The van der Waals surface area contributed by atoms with E-state index < -0.39 is 0 Å². The lowest BCUT2D eigenvalue weighted by atomic mass is 10.1. The Morgan fingerprint density at radius 1 is 1.62 bits per heavy atom. The average molecular weight is 205 g/mol. The summed E-state index contributed by atoms with van der Waals surface area (Å²) in [4.78, 5) is 0. The topological polar surface area (TPSA) is 41.5 Å². The number of ether oxygens (including phenoxy) is 1. The fraction of sp³-hybridized carbons (Fsp3) is 1.00. The number of aliphatic hydroxyl groups is 1. The highest BCUT2D eigenvalue weighted by molar-refractivity contribution is 7.98. The van der Waals surface area contributed by atoms with Crippen LogP contribution < -0.4 is 5.32 Å². The van der Waals surface area contributed by atoms with E-state index in [9.17, 15) is 5.11 Å². The molecule has 1 heterocycles. The van der Waals surface area contributed by atoms with Gasteiger partial charge in [-0.25, -0.2) is 0 Å². The summed E-state index contributed by atoms with van der Waals surface area (Å²) in [6, 6.07) is 0.633. The van der Waals surface area contributed by atoms with Crippen molar-refractivity contribution < 1.29 is 9.84 Å². The van der Waals surface area contributed by atoms with E-state index in [1.54, 1.807) is 0 Å². The van der Waals surface area contributed by atoms with Gasteiger partial charge in [0.05, 0.1) is 25.4 Å².